The van der Waals surface area contributed by atoms with Crippen LogP contribution in [-0.2, 0) is 0 Å². The Kier molecular flexibility index (Phi) is 3.25. The van der Waals surface area contributed by atoms with E-state index in [1.807, 2.05) is 0 Å². The molecule has 0 fully saturated rings. The molecule has 1 rings (SSSR count). The largest absolute Gasteiger partial charge is 0.505 e. The predicted molar refractivity (Wildman–Crippen MR) is 54.5 cm³/mol. The highest BCUT2D eigenvalue weighted by Gasteiger charge is 2.15. The van der Waals surface area contributed by atoms with Crippen molar-refractivity contribution in [2.24, 2.45) is 5.73 Å². The van der Waals surface area contributed by atoms with E-state index in [2.05, 4.69) is 6.58 Å². The molecule has 3 heteroatoms. The molecule has 0 aliphatic carbocycles. The molecule has 0 aliphatic rings. The van der Waals surface area contributed by atoms with Crippen LogP contribution >= 0.6 is 0 Å². The molecule has 0 spiro atoms. The first-order chi connectivity index (χ1) is 6.57. The topological polar surface area (TPSA) is 46.2 Å². The lowest BCUT2D eigenvalue weighted by Gasteiger charge is -2.14. The molecule has 3 N–H and O–H groups in total. The molecule has 1 aromatic rings. The third kappa shape index (κ3) is 1.93. The van der Waals surface area contributed by atoms with Crippen molar-refractivity contribution in [1.29, 1.82) is 0 Å². The SMILES string of the molecule is C=CCC(N)c1c(C)ccc(F)c1O. The number of phenols is 1. The molecule has 1 atom stereocenters. The van der Waals surface area contributed by atoms with Crippen LogP contribution in [0.5, 0.6) is 5.75 Å². The lowest BCUT2D eigenvalue weighted by molar-refractivity contribution is 0.420. The van der Waals surface area contributed by atoms with Gasteiger partial charge in [0, 0.05) is 11.6 Å². The van der Waals surface area contributed by atoms with Crippen LogP contribution in [0.25, 0.3) is 0 Å². The standard InChI is InChI=1S/C11H14FNO/c1-3-4-9(13)10-7(2)5-6-8(12)11(10)14/h3,5-6,9,14H,1,4,13H2,2H3. The number of aryl methyl sites for hydroxylation is 1. The second-order valence-electron chi connectivity index (χ2n) is 3.26. The maximum absolute atomic E-state index is 13.0. The van der Waals surface area contributed by atoms with Crippen molar-refractivity contribution in [3.8, 4) is 5.75 Å². The molecule has 0 saturated carbocycles. The van der Waals surface area contributed by atoms with Crippen LogP contribution in [0.3, 0.4) is 0 Å². The number of halogens is 1. The van der Waals surface area contributed by atoms with E-state index in [1.54, 1.807) is 19.1 Å². The van der Waals surface area contributed by atoms with E-state index in [-0.39, 0.29) is 5.75 Å². The van der Waals surface area contributed by atoms with Crippen molar-refractivity contribution < 1.29 is 9.50 Å². The Bertz CT molecular complexity index is 349. The first-order valence-electron chi connectivity index (χ1n) is 4.42. The van der Waals surface area contributed by atoms with E-state index in [4.69, 9.17) is 5.73 Å². The summed E-state index contributed by atoms with van der Waals surface area (Å²) in [5, 5.41) is 9.49. The minimum atomic E-state index is -0.634. The molecule has 2 nitrogen and oxygen atoms in total. The summed E-state index contributed by atoms with van der Waals surface area (Å²) in [5.74, 6) is -0.982. The highest BCUT2D eigenvalue weighted by molar-refractivity contribution is 5.42. The summed E-state index contributed by atoms with van der Waals surface area (Å²) in [6.45, 7) is 5.34. The number of hydrogen-bond donors (Lipinski definition) is 2. The van der Waals surface area contributed by atoms with Gasteiger partial charge < -0.3 is 10.8 Å². The van der Waals surface area contributed by atoms with Crippen molar-refractivity contribution in [2.75, 3.05) is 0 Å². The molecule has 0 amide bonds. The Hall–Kier alpha value is -1.35. The van der Waals surface area contributed by atoms with Crippen LogP contribution < -0.4 is 5.73 Å². The van der Waals surface area contributed by atoms with Gasteiger partial charge in [0.1, 0.15) is 0 Å². The van der Waals surface area contributed by atoms with Gasteiger partial charge in [-0.05, 0) is 25.0 Å². The quantitative estimate of drug-likeness (QED) is 0.727. The zero-order chi connectivity index (χ0) is 10.7. The summed E-state index contributed by atoms with van der Waals surface area (Å²) < 4.78 is 13.0. The summed E-state index contributed by atoms with van der Waals surface area (Å²) in [6.07, 6.45) is 2.16. The van der Waals surface area contributed by atoms with Gasteiger partial charge in [0.2, 0.25) is 0 Å². The highest BCUT2D eigenvalue weighted by Crippen LogP contribution is 2.30. The molecule has 0 saturated heterocycles. The zero-order valence-corrected chi connectivity index (χ0v) is 8.13. The molecule has 0 heterocycles. The molecule has 76 valence electrons. The van der Waals surface area contributed by atoms with Crippen molar-refractivity contribution in [3.05, 3.63) is 41.7 Å². The van der Waals surface area contributed by atoms with Crippen LogP contribution in [0.1, 0.15) is 23.6 Å². The van der Waals surface area contributed by atoms with E-state index in [0.717, 1.165) is 5.56 Å². The average molecular weight is 195 g/mol. The smallest absolute Gasteiger partial charge is 0.165 e. The van der Waals surface area contributed by atoms with E-state index >= 15 is 0 Å². The van der Waals surface area contributed by atoms with Crippen LogP contribution in [0.15, 0.2) is 24.8 Å². The molecule has 0 aliphatic heterocycles. The monoisotopic (exact) mass is 195 g/mol. The van der Waals surface area contributed by atoms with Crippen molar-refractivity contribution in [1.82, 2.24) is 0 Å². The maximum Gasteiger partial charge on any atom is 0.165 e. The van der Waals surface area contributed by atoms with E-state index in [0.29, 0.717) is 12.0 Å². The van der Waals surface area contributed by atoms with Gasteiger partial charge in [-0.3, -0.25) is 0 Å². The summed E-state index contributed by atoms with van der Waals surface area (Å²) >= 11 is 0. The number of rotatable bonds is 3. The van der Waals surface area contributed by atoms with Gasteiger partial charge in [-0.2, -0.15) is 0 Å². The first-order valence-corrected chi connectivity index (χ1v) is 4.42. The Labute approximate surface area is 82.9 Å². The molecule has 14 heavy (non-hydrogen) atoms. The molecule has 0 radical (unpaired) electrons. The number of phenolic OH excluding ortho intramolecular Hbond substituents is 1. The van der Waals surface area contributed by atoms with Crippen molar-refractivity contribution in [3.63, 3.8) is 0 Å². The third-order valence-electron chi connectivity index (χ3n) is 2.18. The molecular formula is C11H14FNO. The van der Waals surface area contributed by atoms with Gasteiger partial charge in [0.15, 0.2) is 11.6 Å². The molecule has 1 aromatic carbocycles. The minimum absolute atomic E-state index is 0.348. The normalized spacial score (nSPS) is 12.5. The first kappa shape index (κ1) is 10.7. The van der Waals surface area contributed by atoms with Gasteiger partial charge in [-0.15, -0.1) is 6.58 Å². The predicted octanol–water partition coefficient (Wildman–Crippen LogP) is 2.42. The highest BCUT2D eigenvalue weighted by atomic mass is 19.1. The Morgan fingerprint density at radius 2 is 2.29 bits per heavy atom. The molecule has 0 aromatic heterocycles. The summed E-state index contributed by atoms with van der Waals surface area (Å²) in [6, 6.07) is 2.44. The van der Waals surface area contributed by atoms with Gasteiger partial charge >= 0.3 is 0 Å². The fourth-order valence-corrected chi connectivity index (χ4v) is 1.45. The molecule has 0 bridgehead atoms. The Morgan fingerprint density at radius 1 is 1.64 bits per heavy atom. The van der Waals surface area contributed by atoms with E-state index in [9.17, 15) is 9.50 Å². The van der Waals surface area contributed by atoms with Crippen LogP contribution in [0.4, 0.5) is 4.39 Å². The average Bonchev–Trinajstić information content (AvgIpc) is 2.13. The van der Waals surface area contributed by atoms with Gasteiger partial charge in [-0.1, -0.05) is 12.1 Å². The van der Waals surface area contributed by atoms with Crippen LogP contribution in [-0.4, -0.2) is 5.11 Å². The number of aromatic hydroxyl groups is 1. The zero-order valence-electron chi connectivity index (χ0n) is 8.13. The maximum atomic E-state index is 13.0. The summed E-state index contributed by atoms with van der Waals surface area (Å²) in [5.41, 5.74) is 7.03. The number of benzene rings is 1. The Balaban J connectivity index is 3.17. The summed E-state index contributed by atoms with van der Waals surface area (Å²) in [4.78, 5) is 0. The molecule has 1 unspecified atom stereocenters. The summed E-state index contributed by atoms with van der Waals surface area (Å²) in [7, 11) is 0. The lowest BCUT2D eigenvalue weighted by Crippen LogP contribution is -2.11. The van der Waals surface area contributed by atoms with Crippen LogP contribution in [0, 0.1) is 12.7 Å². The van der Waals surface area contributed by atoms with E-state index < -0.39 is 11.9 Å². The van der Waals surface area contributed by atoms with Gasteiger partial charge in [0.25, 0.3) is 0 Å². The van der Waals surface area contributed by atoms with Gasteiger partial charge in [-0.25, -0.2) is 4.39 Å². The van der Waals surface area contributed by atoms with E-state index in [1.165, 1.54) is 6.07 Å². The number of nitrogens with two attached hydrogens (primary N) is 1. The fourth-order valence-electron chi connectivity index (χ4n) is 1.45. The second-order valence-corrected chi connectivity index (χ2v) is 3.26. The van der Waals surface area contributed by atoms with Crippen molar-refractivity contribution in [2.45, 2.75) is 19.4 Å². The van der Waals surface area contributed by atoms with Gasteiger partial charge in [0.05, 0.1) is 0 Å². The van der Waals surface area contributed by atoms with Crippen LogP contribution in [0.2, 0.25) is 0 Å². The number of hydrogen-bond acceptors (Lipinski definition) is 2. The Morgan fingerprint density at radius 3 is 2.86 bits per heavy atom. The minimum Gasteiger partial charge on any atom is -0.505 e. The third-order valence-corrected chi connectivity index (χ3v) is 2.18. The fraction of sp³-hybridized carbons (Fsp3) is 0.273. The molecular weight excluding hydrogens is 181 g/mol. The second kappa shape index (κ2) is 4.24. The lowest BCUT2D eigenvalue weighted by atomic mass is 9.98. The van der Waals surface area contributed by atoms with Crippen molar-refractivity contribution >= 4 is 0 Å².